The number of carbonyl (C=O) groups is 1. The van der Waals surface area contributed by atoms with Gasteiger partial charge in [-0.2, -0.15) is 13.2 Å². The molecule has 0 spiro atoms. The SMILES string of the molecule is CCC[C@@H]1C(=O)N(CCN(C)C)c2ccc(C(F)(F)F)cc2C[C@@H]1c1ccc(OC)cc1. The van der Waals surface area contributed by atoms with Crippen LogP contribution < -0.4 is 9.64 Å². The summed E-state index contributed by atoms with van der Waals surface area (Å²) >= 11 is 0. The lowest BCUT2D eigenvalue weighted by molar-refractivity contribution is -0.137. The zero-order chi connectivity index (χ0) is 23.5. The third kappa shape index (κ3) is 5.26. The molecule has 0 saturated carbocycles. The highest BCUT2D eigenvalue weighted by atomic mass is 19.4. The van der Waals surface area contributed by atoms with E-state index < -0.39 is 11.7 Å². The van der Waals surface area contributed by atoms with Gasteiger partial charge in [-0.1, -0.05) is 25.5 Å². The molecule has 32 heavy (non-hydrogen) atoms. The lowest BCUT2D eigenvalue weighted by Gasteiger charge is -2.29. The number of halogens is 3. The van der Waals surface area contributed by atoms with Crippen molar-refractivity contribution >= 4 is 11.6 Å². The molecule has 2 aromatic carbocycles. The van der Waals surface area contributed by atoms with E-state index >= 15 is 0 Å². The minimum Gasteiger partial charge on any atom is -0.497 e. The highest BCUT2D eigenvalue weighted by Gasteiger charge is 2.39. The summed E-state index contributed by atoms with van der Waals surface area (Å²) in [6.45, 7) is 3.08. The van der Waals surface area contributed by atoms with E-state index in [1.54, 1.807) is 12.0 Å². The van der Waals surface area contributed by atoms with Gasteiger partial charge in [0.2, 0.25) is 5.91 Å². The summed E-state index contributed by atoms with van der Waals surface area (Å²) in [5.74, 6) is 0.165. The highest BCUT2D eigenvalue weighted by Crippen LogP contribution is 2.42. The van der Waals surface area contributed by atoms with Crippen LogP contribution in [-0.2, 0) is 17.4 Å². The molecule has 2 atom stereocenters. The Morgan fingerprint density at radius 1 is 1.12 bits per heavy atom. The average molecular weight is 449 g/mol. The molecule has 1 amide bonds. The predicted molar refractivity (Wildman–Crippen MR) is 120 cm³/mol. The van der Waals surface area contributed by atoms with Gasteiger partial charge < -0.3 is 14.5 Å². The topological polar surface area (TPSA) is 32.8 Å². The van der Waals surface area contributed by atoms with Gasteiger partial charge in [-0.15, -0.1) is 0 Å². The van der Waals surface area contributed by atoms with Crippen LogP contribution in [0, 0.1) is 5.92 Å². The lowest BCUT2D eigenvalue weighted by Crippen LogP contribution is -2.41. The molecule has 0 aliphatic carbocycles. The van der Waals surface area contributed by atoms with Crippen LogP contribution in [0.25, 0.3) is 0 Å². The number of carbonyl (C=O) groups excluding carboxylic acids is 1. The Kier molecular flexibility index (Phi) is 7.49. The van der Waals surface area contributed by atoms with Gasteiger partial charge in [0.05, 0.1) is 12.7 Å². The zero-order valence-corrected chi connectivity index (χ0v) is 19.1. The Bertz CT molecular complexity index is 926. The molecule has 0 radical (unpaired) electrons. The van der Waals surface area contributed by atoms with Gasteiger partial charge in [-0.05, 0) is 74.3 Å². The summed E-state index contributed by atoms with van der Waals surface area (Å²) < 4.78 is 45.7. The van der Waals surface area contributed by atoms with Gasteiger partial charge in [-0.25, -0.2) is 0 Å². The molecule has 0 fully saturated rings. The van der Waals surface area contributed by atoms with Crippen molar-refractivity contribution < 1.29 is 22.7 Å². The summed E-state index contributed by atoms with van der Waals surface area (Å²) in [6.07, 6.45) is -2.57. The first-order valence-electron chi connectivity index (χ1n) is 11.0. The van der Waals surface area contributed by atoms with Crippen LogP contribution in [0.4, 0.5) is 18.9 Å². The standard InChI is InChI=1S/C25H31F3N2O2/c1-5-6-21-22(17-7-10-20(32-4)11-8-17)16-18-15-19(25(26,27)28)9-12-23(18)30(24(21)31)14-13-29(2)3/h7-12,15,21-22H,5-6,13-14,16H2,1-4H3/t21-,22+/m0/s1. The Balaban J connectivity index is 2.12. The van der Waals surface area contributed by atoms with Gasteiger partial charge in [0.1, 0.15) is 5.75 Å². The summed E-state index contributed by atoms with van der Waals surface area (Å²) in [4.78, 5) is 17.4. The first-order chi connectivity index (χ1) is 15.2. The minimum absolute atomic E-state index is 0.0203. The molecule has 1 aliphatic heterocycles. The number of ether oxygens (including phenoxy) is 1. The number of hydrogen-bond acceptors (Lipinski definition) is 3. The largest absolute Gasteiger partial charge is 0.497 e. The fraction of sp³-hybridized carbons (Fsp3) is 0.480. The molecule has 0 saturated heterocycles. The molecule has 2 aromatic rings. The summed E-state index contributed by atoms with van der Waals surface area (Å²) in [6, 6.07) is 11.3. The van der Waals surface area contributed by atoms with Crippen molar-refractivity contribution in [3.8, 4) is 5.75 Å². The number of alkyl halides is 3. The molecule has 0 bridgehead atoms. The fourth-order valence-corrected chi connectivity index (χ4v) is 4.43. The molecule has 1 heterocycles. The van der Waals surface area contributed by atoms with E-state index in [1.807, 2.05) is 50.2 Å². The Labute approximate surface area is 188 Å². The molecule has 174 valence electrons. The monoisotopic (exact) mass is 448 g/mol. The van der Waals surface area contributed by atoms with Crippen molar-refractivity contribution in [3.05, 3.63) is 59.2 Å². The second-order valence-electron chi connectivity index (χ2n) is 8.61. The van der Waals surface area contributed by atoms with Gasteiger partial charge in [-0.3, -0.25) is 4.79 Å². The average Bonchev–Trinajstić information content (AvgIpc) is 2.86. The Morgan fingerprint density at radius 2 is 1.81 bits per heavy atom. The van der Waals surface area contributed by atoms with Crippen molar-refractivity contribution in [2.45, 2.75) is 38.3 Å². The van der Waals surface area contributed by atoms with Crippen molar-refractivity contribution in [3.63, 3.8) is 0 Å². The number of nitrogens with zero attached hydrogens (tertiary/aromatic N) is 2. The van der Waals surface area contributed by atoms with E-state index in [1.165, 1.54) is 12.1 Å². The molecule has 0 aromatic heterocycles. The third-order valence-electron chi connectivity index (χ3n) is 6.12. The molecule has 4 nitrogen and oxygen atoms in total. The third-order valence-corrected chi connectivity index (χ3v) is 6.12. The van der Waals surface area contributed by atoms with Gasteiger partial charge in [0.15, 0.2) is 0 Å². The smallest absolute Gasteiger partial charge is 0.416 e. The van der Waals surface area contributed by atoms with Crippen molar-refractivity contribution in [1.29, 1.82) is 0 Å². The molecule has 1 aliphatic rings. The molecular weight excluding hydrogens is 417 g/mol. The Morgan fingerprint density at radius 3 is 2.38 bits per heavy atom. The lowest BCUT2D eigenvalue weighted by atomic mass is 9.79. The number of anilines is 1. The highest BCUT2D eigenvalue weighted by molar-refractivity contribution is 5.97. The first kappa shape index (κ1) is 24.1. The van der Waals surface area contributed by atoms with Gasteiger partial charge >= 0.3 is 6.18 Å². The summed E-state index contributed by atoms with van der Waals surface area (Å²) in [5.41, 5.74) is 1.41. The number of benzene rings is 2. The Hall–Kier alpha value is -2.54. The zero-order valence-electron chi connectivity index (χ0n) is 19.1. The van der Waals surface area contributed by atoms with E-state index in [9.17, 15) is 18.0 Å². The van der Waals surface area contributed by atoms with Crippen LogP contribution in [0.1, 0.15) is 42.4 Å². The number of likely N-dealkylation sites (N-methyl/N-ethyl adjacent to an activating group) is 1. The molecular formula is C25H31F3N2O2. The maximum absolute atomic E-state index is 13.8. The van der Waals surface area contributed by atoms with Crippen molar-refractivity contribution in [2.75, 3.05) is 39.2 Å². The molecule has 3 rings (SSSR count). The van der Waals surface area contributed by atoms with Gasteiger partial charge in [0, 0.05) is 24.7 Å². The number of hydrogen-bond donors (Lipinski definition) is 0. The van der Waals surface area contributed by atoms with E-state index in [0.29, 0.717) is 42.9 Å². The van der Waals surface area contributed by atoms with Crippen molar-refractivity contribution in [2.24, 2.45) is 5.92 Å². The summed E-state index contributed by atoms with van der Waals surface area (Å²) in [7, 11) is 5.42. The fourth-order valence-electron chi connectivity index (χ4n) is 4.43. The molecule has 0 N–H and O–H groups in total. The van der Waals surface area contributed by atoms with E-state index in [4.69, 9.17) is 4.74 Å². The quantitative estimate of drug-likeness (QED) is 0.571. The molecule has 7 heteroatoms. The predicted octanol–water partition coefficient (Wildman–Crippen LogP) is 5.36. The van der Waals surface area contributed by atoms with Crippen LogP contribution in [0.2, 0.25) is 0 Å². The number of amides is 1. The van der Waals surface area contributed by atoms with Gasteiger partial charge in [0.25, 0.3) is 0 Å². The van der Waals surface area contributed by atoms with Crippen LogP contribution in [-0.4, -0.2) is 45.1 Å². The van der Waals surface area contributed by atoms with Crippen LogP contribution in [0.15, 0.2) is 42.5 Å². The number of methoxy groups -OCH3 is 1. The second-order valence-corrected chi connectivity index (χ2v) is 8.61. The minimum atomic E-state index is -4.43. The normalized spacial score (nSPS) is 19.1. The van der Waals surface area contributed by atoms with Crippen molar-refractivity contribution in [1.82, 2.24) is 4.90 Å². The first-order valence-corrected chi connectivity index (χ1v) is 11.0. The number of rotatable bonds is 7. The van der Waals surface area contributed by atoms with E-state index in [0.717, 1.165) is 18.1 Å². The van der Waals surface area contributed by atoms with Crippen LogP contribution in [0.5, 0.6) is 5.75 Å². The second kappa shape index (κ2) is 9.94. The summed E-state index contributed by atoms with van der Waals surface area (Å²) in [5, 5.41) is 0. The van der Waals surface area contributed by atoms with Crippen LogP contribution in [0.3, 0.4) is 0 Å². The van der Waals surface area contributed by atoms with E-state index in [2.05, 4.69) is 0 Å². The maximum atomic E-state index is 13.8. The molecule has 0 unspecified atom stereocenters. The maximum Gasteiger partial charge on any atom is 0.416 e. The number of fused-ring (bicyclic) bond motifs is 1. The van der Waals surface area contributed by atoms with Crippen LogP contribution >= 0.6 is 0 Å². The van der Waals surface area contributed by atoms with E-state index in [-0.39, 0.29) is 17.7 Å².